The van der Waals surface area contributed by atoms with Crippen molar-refractivity contribution in [1.29, 1.82) is 0 Å². The van der Waals surface area contributed by atoms with Crippen LogP contribution in [-0.4, -0.2) is 12.6 Å². The number of hydrogen-bond acceptors (Lipinski definition) is 1. The van der Waals surface area contributed by atoms with Crippen LogP contribution in [0.4, 0.5) is 17.6 Å². The topological polar surface area (TPSA) is 12.0 Å². The zero-order chi connectivity index (χ0) is 15.7. The van der Waals surface area contributed by atoms with Crippen molar-refractivity contribution in [3.8, 4) is 0 Å². The van der Waals surface area contributed by atoms with Crippen LogP contribution in [0, 0.1) is 5.82 Å². The Morgan fingerprint density at radius 2 is 2.05 bits per heavy atom. The van der Waals surface area contributed by atoms with Gasteiger partial charge in [-0.05, 0) is 55.3 Å². The molecule has 1 N–H and O–H groups in total. The minimum absolute atomic E-state index is 0.320. The molecule has 2 rings (SSSR count). The van der Waals surface area contributed by atoms with Gasteiger partial charge in [-0.25, -0.2) is 4.39 Å². The lowest BCUT2D eigenvalue weighted by atomic mass is 9.80. The van der Waals surface area contributed by atoms with E-state index in [-0.39, 0.29) is 5.41 Å². The van der Waals surface area contributed by atoms with E-state index in [2.05, 4.69) is 12.2 Å². The summed E-state index contributed by atoms with van der Waals surface area (Å²) in [4.78, 5) is 0. The number of benzene rings is 1. The van der Waals surface area contributed by atoms with E-state index in [4.69, 9.17) is 0 Å². The van der Waals surface area contributed by atoms with Crippen LogP contribution in [0.5, 0.6) is 0 Å². The third-order valence-electron chi connectivity index (χ3n) is 4.39. The quantitative estimate of drug-likeness (QED) is 0.798. The zero-order valence-electron chi connectivity index (χ0n) is 12.4. The van der Waals surface area contributed by atoms with Gasteiger partial charge in [-0.15, -0.1) is 0 Å². The molecule has 0 saturated heterocycles. The molecule has 1 fully saturated rings. The third kappa shape index (κ3) is 3.57. The summed E-state index contributed by atoms with van der Waals surface area (Å²) in [6, 6.07) is 3.75. The summed E-state index contributed by atoms with van der Waals surface area (Å²) < 4.78 is 51.9. The highest BCUT2D eigenvalue weighted by Crippen LogP contribution is 2.43. The maximum Gasteiger partial charge on any atom is 0.419 e. The van der Waals surface area contributed by atoms with Gasteiger partial charge in [-0.3, -0.25) is 0 Å². The zero-order valence-corrected chi connectivity index (χ0v) is 12.4. The fourth-order valence-corrected chi connectivity index (χ4v) is 3.14. The Morgan fingerprint density at radius 3 is 2.67 bits per heavy atom. The van der Waals surface area contributed by atoms with Crippen LogP contribution in [0.15, 0.2) is 18.2 Å². The van der Waals surface area contributed by atoms with Crippen molar-refractivity contribution < 1.29 is 17.6 Å². The molecule has 1 aliphatic rings. The molecule has 1 aromatic rings. The van der Waals surface area contributed by atoms with Crippen molar-refractivity contribution in [1.82, 2.24) is 5.32 Å². The van der Waals surface area contributed by atoms with Crippen molar-refractivity contribution in [2.45, 2.75) is 57.2 Å². The summed E-state index contributed by atoms with van der Waals surface area (Å²) >= 11 is 0. The molecule has 2 atom stereocenters. The highest BCUT2D eigenvalue weighted by Gasteiger charge is 2.39. The summed E-state index contributed by atoms with van der Waals surface area (Å²) in [5.74, 6) is -1.20. The fourth-order valence-electron chi connectivity index (χ4n) is 3.14. The molecule has 2 unspecified atom stereocenters. The van der Waals surface area contributed by atoms with E-state index < -0.39 is 17.6 Å². The molecule has 118 valence electrons. The first-order chi connectivity index (χ1) is 9.76. The Labute approximate surface area is 122 Å². The molecule has 21 heavy (non-hydrogen) atoms. The van der Waals surface area contributed by atoms with Crippen LogP contribution in [-0.2, 0) is 11.6 Å². The Hall–Kier alpha value is -1.10. The van der Waals surface area contributed by atoms with E-state index >= 15 is 0 Å². The molecule has 1 aliphatic carbocycles. The van der Waals surface area contributed by atoms with E-state index in [1.807, 2.05) is 6.92 Å². The van der Waals surface area contributed by atoms with Crippen LogP contribution in [0.25, 0.3) is 0 Å². The van der Waals surface area contributed by atoms with Crippen LogP contribution in [0.1, 0.15) is 50.7 Å². The highest BCUT2D eigenvalue weighted by molar-refractivity contribution is 5.33. The molecule has 0 bridgehead atoms. The summed E-state index contributed by atoms with van der Waals surface area (Å²) in [6.07, 6.45) is -1.07. The second kappa shape index (κ2) is 5.95. The van der Waals surface area contributed by atoms with Crippen LogP contribution in [0.3, 0.4) is 0 Å². The molecule has 1 nitrogen and oxygen atoms in total. The molecule has 0 spiro atoms. The number of alkyl halides is 3. The first kappa shape index (κ1) is 16.3. The molecular formula is C16H21F4N. The molecule has 1 aromatic carbocycles. The van der Waals surface area contributed by atoms with E-state index in [0.29, 0.717) is 11.6 Å². The van der Waals surface area contributed by atoms with Gasteiger partial charge in [-0.1, -0.05) is 19.9 Å². The second-order valence-corrected chi connectivity index (χ2v) is 6.15. The summed E-state index contributed by atoms with van der Waals surface area (Å²) in [6.45, 7) is 4.96. The van der Waals surface area contributed by atoms with E-state index in [0.717, 1.165) is 44.4 Å². The molecule has 5 heteroatoms. The summed E-state index contributed by atoms with van der Waals surface area (Å²) in [7, 11) is 0. The van der Waals surface area contributed by atoms with E-state index in [9.17, 15) is 17.6 Å². The Bertz CT molecular complexity index is 498. The smallest absolute Gasteiger partial charge is 0.314 e. The van der Waals surface area contributed by atoms with Gasteiger partial charge in [0.05, 0.1) is 5.56 Å². The van der Waals surface area contributed by atoms with E-state index in [1.165, 1.54) is 6.07 Å². The molecule has 0 amide bonds. The first-order valence-electron chi connectivity index (χ1n) is 7.37. The van der Waals surface area contributed by atoms with Crippen molar-refractivity contribution in [3.05, 3.63) is 35.1 Å². The third-order valence-corrected chi connectivity index (χ3v) is 4.39. The lowest BCUT2D eigenvalue weighted by Gasteiger charge is -2.26. The molecule has 0 heterocycles. The average Bonchev–Trinajstić information content (AvgIpc) is 2.78. The predicted octanol–water partition coefficient (Wildman–Crippen LogP) is 4.65. The lowest BCUT2D eigenvalue weighted by Crippen LogP contribution is -2.29. The Balaban J connectivity index is 2.22. The molecule has 0 aromatic heterocycles. The van der Waals surface area contributed by atoms with Crippen LogP contribution in [0.2, 0.25) is 0 Å². The maximum absolute atomic E-state index is 13.4. The minimum atomic E-state index is -4.64. The minimum Gasteiger partial charge on any atom is -0.314 e. The van der Waals surface area contributed by atoms with Gasteiger partial charge < -0.3 is 5.32 Å². The largest absolute Gasteiger partial charge is 0.419 e. The average molecular weight is 303 g/mol. The van der Waals surface area contributed by atoms with Crippen molar-refractivity contribution in [3.63, 3.8) is 0 Å². The van der Waals surface area contributed by atoms with Gasteiger partial charge in [0, 0.05) is 6.04 Å². The van der Waals surface area contributed by atoms with Crippen LogP contribution >= 0.6 is 0 Å². The Kier molecular flexibility index (Phi) is 4.61. The number of halogens is 4. The van der Waals surface area contributed by atoms with Gasteiger partial charge in [0.1, 0.15) is 5.82 Å². The number of rotatable bonds is 4. The maximum atomic E-state index is 13.4. The van der Waals surface area contributed by atoms with Gasteiger partial charge in [0.25, 0.3) is 0 Å². The van der Waals surface area contributed by atoms with Crippen LogP contribution < -0.4 is 5.32 Å². The van der Waals surface area contributed by atoms with Gasteiger partial charge in [0.2, 0.25) is 0 Å². The first-order valence-corrected chi connectivity index (χ1v) is 7.37. The number of nitrogens with one attached hydrogen (secondary N) is 1. The van der Waals surface area contributed by atoms with Crippen molar-refractivity contribution >= 4 is 0 Å². The van der Waals surface area contributed by atoms with Gasteiger partial charge in [0.15, 0.2) is 0 Å². The van der Waals surface area contributed by atoms with E-state index in [1.54, 1.807) is 0 Å². The Morgan fingerprint density at radius 1 is 1.33 bits per heavy atom. The number of hydrogen-bond donors (Lipinski definition) is 1. The lowest BCUT2D eigenvalue weighted by molar-refractivity contribution is -0.140. The predicted molar refractivity (Wildman–Crippen MR) is 74.7 cm³/mol. The van der Waals surface area contributed by atoms with Gasteiger partial charge >= 0.3 is 6.18 Å². The molecule has 0 aliphatic heterocycles. The summed E-state index contributed by atoms with van der Waals surface area (Å²) in [5.41, 5.74) is -0.901. The van der Waals surface area contributed by atoms with Gasteiger partial charge in [-0.2, -0.15) is 13.2 Å². The summed E-state index contributed by atoms with van der Waals surface area (Å²) in [5, 5.41) is 3.42. The highest BCUT2D eigenvalue weighted by atomic mass is 19.4. The second-order valence-electron chi connectivity index (χ2n) is 6.15. The van der Waals surface area contributed by atoms with Crippen molar-refractivity contribution in [2.24, 2.45) is 0 Å². The molecule has 0 radical (unpaired) electrons. The fraction of sp³-hybridized carbons (Fsp3) is 0.625. The molecular weight excluding hydrogens is 282 g/mol. The normalized spacial score (nSPS) is 26.3. The SMILES string of the molecule is CCCNC1CCC(C)(c2ccc(F)c(C(F)(F)F)c2)C1. The standard InChI is InChI=1S/C16H21F4N/c1-3-8-21-12-6-7-15(2,10-12)11-4-5-14(17)13(9-11)16(18,19)20/h4-5,9,12,21H,3,6-8,10H2,1-2H3. The monoisotopic (exact) mass is 303 g/mol. The molecule has 1 saturated carbocycles. The van der Waals surface area contributed by atoms with Crippen molar-refractivity contribution in [2.75, 3.05) is 6.54 Å².